The van der Waals surface area contributed by atoms with Crippen molar-refractivity contribution in [1.29, 1.82) is 0 Å². The molecular formula is C24H43NO6. The van der Waals surface area contributed by atoms with Gasteiger partial charge in [-0.05, 0) is 44.9 Å². The third-order valence-electron chi connectivity index (χ3n) is 6.37. The molecule has 0 saturated heterocycles. The zero-order chi connectivity index (χ0) is 23.9. The summed E-state index contributed by atoms with van der Waals surface area (Å²) < 4.78 is 0.203. The van der Waals surface area contributed by atoms with Gasteiger partial charge >= 0.3 is 11.9 Å². The molecule has 0 aliphatic rings. The van der Waals surface area contributed by atoms with Crippen molar-refractivity contribution in [3.05, 3.63) is 12.7 Å². The van der Waals surface area contributed by atoms with Crippen LogP contribution < -0.4 is 5.11 Å². The summed E-state index contributed by atoms with van der Waals surface area (Å²) in [7, 11) is 0. The first-order chi connectivity index (χ1) is 14.7. The van der Waals surface area contributed by atoms with Crippen molar-refractivity contribution in [2.24, 2.45) is 17.8 Å². The molecule has 0 bridgehead atoms. The van der Waals surface area contributed by atoms with Crippen molar-refractivity contribution in [2.75, 3.05) is 26.2 Å². The minimum Gasteiger partial charge on any atom is -0.550 e. The number of unbranched alkanes of at least 4 members (excludes halogenated alkanes) is 5. The molecule has 0 aliphatic heterocycles. The first-order valence-electron chi connectivity index (χ1n) is 11.8. The second-order valence-electron chi connectivity index (χ2n) is 8.77. The number of carbonyl (C=O) groups is 3. The van der Waals surface area contributed by atoms with Crippen molar-refractivity contribution in [1.82, 2.24) is 0 Å². The Morgan fingerprint density at radius 2 is 1.23 bits per heavy atom. The van der Waals surface area contributed by atoms with Gasteiger partial charge in [-0.3, -0.25) is 9.59 Å². The molecule has 0 heterocycles. The zero-order valence-electron chi connectivity index (χ0n) is 19.7. The van der Waals surface area contributed by atoms with E-state index in [4.69, 9.17) is 0 Å². The molecule has 3 unspecified atom stereocenters. The average Bonchev–Trinajstić information content (AvgIpc) is 2.72. The summed E-state index contributed by atoms with van der Waals surface area (Å²) in [6.45, 7) is 10.4. The predicted molar refractivity (Wildman–Crippen MR) is 119 cm³/mol. The van der Waals surface area contributed by atoms with Crippen LogP contribution in [0.25, 0.3) is 0 Å². The minimum absolute atomic E-state index is 0.203. The van der Waals surface area contributed by atoms with E-state index >= 15 is 0 Å². The van der Waals surface area contributed by atoms with Gasteiger partial charge in [0, 0.05) is 5.92 Å². The van der Waals surface area contributed by atoms with Crippen molar-refractivity contribution in [2.45, 2.75) is 78.6 Å². The molecule has 0 aliphatic carbocycles. The van der Waals surface area contributed by atoms with Gasteiger partial charge in [0.2, 0.25) is 0 Å². The lowest BCUT2D eigenvalue weighted by Crippen LogP contribution is -2.59. The number of carbonyl (C=O) groups excluding carboxylic acids is 1. The summed E-state index contributed by atoms with van der Waals surface area (Å²) in [6, 6.07) is 0. The van der Waals surface area contributed by atoms with E-state index in [1.54, 1.807) is 20.8 Å². The summed E-state index contributed by atoms with van der Waals surface area (Å²) >= 11 is 0. The van der Waals surface area contributed by atoms with E-state index in [0.717, 1.165) is 38.5 Å². The molecule has 0 spiro atoms. The van der Waals surface area contributed by atoms with Crippen LogP contribution in [0.15, 0.2) is 12.7 Å². The highest BCUT2D eigenvalue weighted by molar-refractivity contribution is 5.70. The van der Waals surface area contributed by atoms with Crippen LogP contribution in [-0.4, -0.2) is 58.8 Å². The number of hydrogen-bond acceptors (Lipinski definition) is 4. The second kappa shape index (κ2) is 15.8. The number of aliphatic carboxylic acids is 3. The summed E-state index contributed by atoms with van der Waals surface area (Å²) in [5.41, 5.74) is 0. The molecule has 0 aromatic heterocycles. The van der Waals surface area contributed by atoms with Gasteiger partial charge < -0.3 is 24.6 Å². The predicted octanol–water partition coefficient (Wildman–Crippen LogP) is 3.33. The molecule has 0 aromatic rings. The van der Waals surface area contributed by atoms with Gasteiger partial charge in [0.25, 0.3) is 0 Å². The number of quaternary nitrogens is 1. The fourth-order valence-electron chi connectivity index (χ4n) is 4.30. The van der Waals surface area contributed by atoms with Crippen molar-refractivity contribution >= 4 is 17.9 Å². The van der Waals surface area contributed by atoms with Crippen LogP contribution in [0, 0.1) is 17.8 Å². The molecule has 7 nitrogen and oxygen atoms in total. The highest BCUT2D eigenvalue weighted by Crippen LogP contribution is 2.25. The number of carboxylic acids is 3. The van der Waals surface area contributed by atoms with Crippen molar-refractivity contribution in [3.8, 4) is 0 Å². The smallest absolute Gasteiger partial charge is 0.312 e. The highest BCUT2D eigenvalue weighted by Gasteiger charge is 2.39. The average molecular weight is 442 g/mol. The molecule has 0 rings (SSSR count). The van der Waals surface area contributed by atoms with Gasteiger partial charge in [0.05, 0.1) is 32.1 Å². The molecule has 0 radical (unpaired) electrons. The number of carboxylic acid groups (broad SMARTS) is 3. The molecule has 7 heteroatoms. The van der Waals surface area contributed by atoms with Gasteiger partial charge in [0.1, 0.15) is 11.8 Å². The molecule has 3 atom stereocenters. The van der Waals surface area contributed by atoms with E-state index < -0.39 is 35.7 Å². The number of nitrogens with zero attached hydrogens (tertiary/aromatic N) is 1. The Hall–Kier alpha value is -1.89. The van der Waals surface area contributed by atoms with Gasteiger partial charge in [-0.1, -0.05) is 39.7 Å². The molecule has 0 saturated carbocycles. The fourth-order valence-corrected chi connectivity index (χ4v) is 4.30. The normalized spacial score (nSPS) is 16.1. The van der Waals surface area contributed by atoms with E-state index in [-0.39, 0.29) is 24.1 Å². The standard InChI is InChI=1S/C24H43NO6/c1-5-9-10-11-12-13-14-15-25(16-19(6-2)22(26)27,17-20(7-3)23(28)29)18-21(8-4)24(30)31/h5,19-21H,1,6-18H2,2-4H3,(H2-,26,27,28,29,30,31). The molecule has 0 fully saturated rings. The van der Waals surface area contributed by atoms with Crippen LogP contribution >= 0.6 is 0 Å². The Labute approximate surface area is 187 Å². The molecular weight excluding hydrogens is 398 g/mol. The van der Waals surface area contributed by atoms with Crippen LogP contribution in [0.3, 0.4) is 0 Å². The maximum atomic E-state index is 11.8. The fraction of sp³-hybridized carbons (Fsp3) is 0.792. The SMILES string of the molecule is C=CCCCCCCC[N+](CC(CC)C(=O)[O-])(CC(CC)C(=O)O)CC(CC)C(=O)O. The number of hydrogen-bond donors (Lipinski definition) is 2. The van der Waals surface area contributed by atoms with E-state index in [1.165, 1.54) is 0 Å². The van der Waals surface area contributed by atoms with E-state index in [0.29, 0.717) is 25.8 Å². The summed E-state index contributed by atoms with van der Waals surface area (Å²) in [6.07, 6.45) is 9.07. The van der Waals surface area contributed by atoms with Gasteiger partial charge in [0.15, 0.2) is 0 Å². The lowest BCUT2D eigenvalue weighted by Gasteiger charge is -2.44. The maximum Gasteiger partial charge on any atom is 0.312 e. The highest BCUT2D eigenvalue weighted by atomic mass is 16.4. The van der Waals surface area contributed by atoms with Crippen LogP contribution in [-0.2, 0) is 14.4 Å². The van der Waals surface area contributed by atoms with Gasteiger partial charge in [-0.2, -0.15) is 0 Å². The third-order valence-corrected chi connectivity index (χ3v) is 6.37. The largest absolute Gasteiger partial charge is 0.550 e. The van der Waals surface area contributed by atoms with Crippen LogP contribution in [0.5, 0.6) is 0 Å². The number of rotatable bonds is 20. The van der Waals surface area contributed by atoms with E-state index in [9.17, 15) is 29.7 Å². The Morgan fingerprint density at radius 1 is 0.806 bits per heavy atom. The lowest BCUT2D eigenvalue weighted by atomic mass is 9.95. The molecule has 31 heavy (non-hydrogen) atoms. The molecule has 0 amide bonds. The van der Waals surface area contributed by atoms with Gasteiger partial charge in [-0.25, -0.2) is 0 Å². The molecule has 0 aromatic carbocycles. The summed E-state index contributed by atoms with van der Waals surface area (Å²) in [4.78, 5) is 35.3. The van der Waals surface area contributed by atoms with Crippen molar-refractivity contribution < 1.29 is 34.2 Å². The van der Waals surface area contributed by atoms with E-state index in [2.05, 4.69) is 6.58 Å². The van der Waals surface area contributed by atoms with E-state index in [1.807, 2.05) is 6.08 Å². The quantitative estimate of drug-likeness (QED) is 0.170. The van der Waals surface area contributed by atoms with Crippen molar-refractivity contribution in [3.63, 3.8) is 0 Å². The lowest BCUT2D eigenvalue weighted by molar-refractivity contribution is -0.935. The first kappa shape index (κ1) is 29.1. The Balaban J connectivity index is 5.72. The second-order valence-corrected chi connectivity index (χ2v) is 8.77. The van der Waals surface area contributed by atoms with Crippen LogP contribution in [0.1, 0.15) is 78.6 Å². The monoisotopic (exact) mass is 441 g/mol. The first-order valence-corrected chi connectivity index (χ1v) is 11.8. The Kier molecular flexibility index (Phi) is 14.9. The third kappa shape index (κ3) is 11.3. The number of allylic oxidation sites excluding steroid dienone is 1. The molecule has 180 valence electrons. The summed E-state index contributed by atoms with van der Waals surface area (Å²) in [5, 5.41) is 31.0. The van der Waals surface area contributed by atoms with Crippen LogP contribution in [0.4, 0.5) is 0 Å². The maximum absolute atomic E-state index is 11.8. The van der Waals surface area contributed by atoms with Crippen LogP contribution in [0.2, 0.25) is 0 Å². The molecule has 2 N–H and O–H groups in total. The Morgan fingerprint density at radius 3 is 1.61 bits per heavy atom. The summed E-state index contributed by atoms with van der Waals surface area (Å²) in [5.74, 6) is -5.00. The van der Waals surface area contributed by atoms with Gasteiger partial charge in [-0.15, -0.1) is 6.58 Å². The zero-order valence-corrected chi connectivity index (χ0v) is 19.7. The minimum atomic E-state index is -1.15. The Bertz CT molecular complexity index is 502. The topological polar surface area (TPSA) is 115 Å².